The number of benzene rings is 2. The van der Waals surface area contributed by atoms with Crippen molar-refractivity contribution in [1.29, 1.82) is 5.26 Å². The van der Waals surface area contributed by atoms with E-state index in [-0.39, 0.29) is 5.69 Å². The first-order valence-corrected chi connectivity index (χ1v) is 8.89. The maximum absolute atomic E-state index is 11.1. The Bertz CT molecular complexity index is 1290. The number of aromatic amines is 1. The number of nitrogens with zero attached hydrogens (tertiary/aromatic N) is 3. The number of imidazole rings is 1. The van der Waals surface area contributed by atoms with Crippen molar-refractivity contribution < 1.29 is 9.34 Å². The Labute approximate surface area is 166 Å². The first-order valence-electron chi connectivity index (χ1n) is 8.89. The van der Waals surface area contributed by atoms with Crippen LogP contribution in [0.1, 0.15) is 22.7 Å². The van der Waals surface area contributed by atoms with Crippen LogP contribution in [0.5, 0.6) is 0 Å². The van der Waals surface area contributed by atoms with Gasteiger partial charge in [0.05, 0.1) is 21.5 Å². The molecular weight excluding hydrogens is 368 g/mol. The molecule has 0 saturated carbocycles. The lowest BCUT2D eigenvalue weighted by Gasteiger charge is -2.05. The van der Waals surface area contributed by atoms with Crippen LogP contribution in [0.25, 0.3) is 34.0 Å². The molecule has 4 rings (SSSR count). The number of rotatable bonds is 4. The zero-order valence-electron chi connectivity index (χ0n) is 15.8. The van der Waals surface area contributed by atoms with Crippen molar-refractivity contribution in [1.82, 2.24) is 9.97 Å². The number of furan rings is 1. The third-order valence-electron chi connectivity index (χ3n) is 4.68. The van der Waals surface area contributed by atoms with Gasteiger partial charge in [-0.3, -0.25) is 10.1 Å². The van der Waals surface area contributed by atoms with Crippen LogP contribution in [-0.4, -0.2) is 14.9 Å². The SMILES string of the molecule is Cc1cc([N+](=O)[O-])c(C)cc1-c1ccc(/C=C(\C#N)c2nc3ccccc3[nH]2)o1. The Kier molecular flexibility index (Phi) is 4.45. The highest BCUT2D eigenvalue weighted by Gasteiger charge is 2.16. The Morgan fingerprint density at radius 2 is 2.00 bits per heavy atom. The summed E-state index contributed by atoms with van der Waals surface area (Å²) in [4.78, 5) is 18.3. The van der Waals surface area contributed by atoms with E-state index >= 15 is 0 Å². The van der Waals surface area contributed by atoms with Crippen molar-refractivity contribution >= 4 is 28.4 Å². The zero-order valence-corrected chi connectivity index (χ0v) is 15.8. The van der Waals surface area contributed by atoms with Crippen LogP contribution < -0.4 is 0 Å². The summed E-state index contributed by atoms with van der Waals surface area (Å²) in [5, 5.41) is 20.7. The van der Waals surface area contributed by atoms with Gasteiger partial charge in [-0.1, -0.05) is 12.1 Å². The smallest absolute Gasteiger partial charge is 0.272 e. The third kappa shape index (κ3) is 3.39. The molecule has 2 aromatic carbocycles. The van der Waals surface area contributed by atoms with E-state index in [1.807, 2.05) is 24.3 Å². The van der Waals surface area contributed by atoms with Crippen LogP contribution in [0, 0.1) is 35.3 Å². The fourth-order valence-electron chi connectivity index (χ4n) is 3.21. The number of aryl methyl sites for hydroxylation is 2. The first-order chi connectivity index (χ1) is 14.0. The highest BCUT2D eigenvalue weighted by atomic mass is 16.6. The number of nitrogens with one attached hydrogen (secondary N) is 1. The van der Waals surface area contributed by atoms with Crippen molar-refractivity contribution in [2.24, 2.45) is 0 Å². The van der Waals surface area contributed by atoms with E-state index in [4.69, 9.17) is 4.42 Å². The minimum absolute atomic E-state index is 0.0783. The highest BCUT2D eigenvalue weighted by Crippen LogP contribution is 2.32. The predicted molar refractivity (Wildman–Crippen MR) is 110 cm³/mol. The van der Waals surface area contributed by atoms with Crippen molar-refractivity contribution in [2.45, 2.75) is 13.8 Å². The van der Waals surface area contributed by atoms with Crippen LogP contribution in [-0.2, 0) is 0 Å². The molecule has 2 heterocycles. The quantitative estimate of drug-likeness (QED) is 0.287. The lowest BCUT2D eigenvalue weighted by molar-refractivity contribution is -0.385. The molecular formula is C22H16N4O3. The molecule has 7 nitrogen and oxygen atoms in total. The fourth-order valence-corrected chi connectivity index (χ4v) is 3.21. The van der Waals surface area contributed by atoms with Gasteiger partial charge >= 0.3 is 0 Å². The summed E-state index contributed by atoms with van der Waals surface area (Å²) in [6.07, 6.45) is 1.62. The van der Waals surface area contributed by atoms with Crippen LogP contribution in [0.15, 0.2) is 52.9 Å². The summed E-state index contributed by atoms with van der Waals surface area (Å²) in [5.74, 6) is 1.54. The second-order valence-corrected chi connectivity index (χ2v) is 6.69. The van der Waals surface area contributed by atoms with Crippen LogP contribution >= 0.6 is 0 Å². The number of fused-ring (bicyclic) bond motifs is 1. The molecule has 0 fully saturated rings. The van der Waals surface area contributed by atoms with Crippen molar-refractivity contribution in [3.8, 4) is 17.4 Å². The number of hydrogen-bond donors (Lipinski definition) is 1. The molecule has 0 bridgehead atoms. The van der Waals surface area contributed by atoms with Crippen molar-refractivity contribution in [2.75, 3.05) is 0 Å². The summed E-state index contributed by atoms with van der Waals surface area (Å²) in [6.45, 7) is 3.50. The summed E-state index contributed by atoms with van der Waals surface area (Å²) in [5.41, 5.74) is 4.12. The van der Waals surface area contributed by atoms with Crippen LogP contribution in [0.3, 0.4) is 0 Å². The number of allylic oxidation sites excluding steroid dienone is 1. The van der Waals surface area contributed by atoms with Crippen LogP contribution in [0.4, 0.5) is 5.69 Å². The standard InChI is InChI=1S/C22H16N4O3/c1-13-10-20(26(27)28)14(2)9-17(13)21-8-7-16(29-21)11-15(12-23)22-24-18-5-3-4-6-19(18)25-22/h3-11H,1-2H3,(H,24,25)/b15-11+. The largest absolute Gasteiger partial charge is 0.457 e. The van der Waals surface area contributed by atoms with Gasteiger partial charge in [0.15, 0.2) is 0 Å². The first kappa shape index (κ1) is 18.2. The van der Waals surface area contributed by atoms with Gasteiger partial charge in [0.2, 0.25) is 0 Å². The minimum Gasteiger partial charge on any atom is -0.457 e. The molecule has 0 radical (unpaired) electrons. The molecule has 0 aliphatic heterocycles. The zero-order chi connectivity index (χ0) is 20.5. The second-order valence-electron chi connectivity index (χ2n) is 6.69. The van der Waals surface area contributed by atoms with Crippen molar-refractivity contribution in [3.63, 3.8) is 0 Å². The van der Waals surface area contributed by atoms with Gasteiger partial charge in [-0.25, -0.2) is 4.98 Å². The van der Waals surface area contributed by atoms with Crippen LogP contribution in [0.2, 0.25) is 0 Å². The number of nitro groups is 1. The number of nitriles is 1. The van der Waals surface area contributed by atoms with Gasteiger partial charge in [-0.05, 0) is 49.7 Å². The molecule has 1 N–H and O–H groups in total. The third-order valence-corrected chi connectivity index (χ3v) is 4.68. The van der Waals surface area contributed by atoms with Gasteiger partial charge in [0, 0.05) is 23.3 Å². The summed E-state index contributed by atoms with van der Waals surface area (Å²) < 4.78 is 5.89. The van der Waals surface area contributed by atoms with E-state index in [9.17, 15) is 15.4 Å². The van der Waals surface area contributed by atoms with Gasteiger partial charge in [0.1, 0.15) is 23.4 Å². The normalized spacial score (nSPS) is 11.6. The monoisotopic (exact) mass is 384 g/mol. The summed E-state index contributed by atoms with van der Waals surface area (Å²) >= 11 is 0. The molecule has 0 aliphatic rings. The average Bonchev–Trinajstić information content (AvgIpc) is 3.34. The summed E-state index contributed by atoms with van der Waals surface area (Å²) in [6, 6.07) is 16.5. The molecule has 0 amide bonds. The number of H-pyrrole nitrogens is 1. The van der Waals surface area contributed by atoms with E-state index in [0.29, 0.717) is 28.5 Å². The Morgan fingerprint density at radius 3 is 2.72 bits per heavy atom. The van der Waals surface area contributed by atoms with Gasteiger partial charge in [-0.15, -0.1) is 0 Å². The average molecular weight is 384 g/mol. The van der Waals surface area contributed by atoms with Gasteiger partial charge < -0.3 is 9.40 Å². The molecule has 0 unspecified atom stereocenters. The predicted octanol–water partition coefficient (Wildman–Crippen LogP) is 5.41. The fraction of sp³-hybridized carbons (Fsp3) is 0.0909. The maximum Gasteiger partial charge on any atom is 0.272 e. The van der Waals surface area contributed by atoms with E-state index < -0.39 is 4.92 Å². The number of hydrogen-bond acceptors (Lipinski definition) is 5. The molecule has 142 valence electrons. The van der Waals surface area contributed by atoms with E-state index in [1.165, 1.54) is 6.07 Å². The van der Waals surface area contributed by atoms with E-state index in [2.05, 4.69) is 16.0 Å². The molecule has 0 atom stereocenters. The number of para-hydroxylation sites is 2. The molecule has 0 saturated heterocycles. The number of aromatic nitrogens is 2. The minimum atomic E-state index is -0.394. The molecule has 29 heavy (non-hydrogen) atoms. The van der Waals surface area contributed by atoms with Gasteiger partial charge in [-0.2, -0.15) is 5.26 Å². The molecule has 0 spiro atoms. The molecule has 2 aromatic heterocycles. The summed E-state index contributed by atoms with van der Waals surface area (Å²) in [7, 11) is 0. The second kappa shape index (κ2) is 7.09. The van der Waals surface area contributed by atoms with Gasteiger partial charge in [0.25, 0.3) is 5.69 Å². The molecule has 4 aromatic rings. The molecule has 7 heteroatoms. The van der Waals surface area contributed by atoms with E-state index in [1.54, 1.807) is 38.1 Å². The maximum atomic E-state index is 11.1. The highest BCUT2D eigenvalue weighted by molar-refractivity contribution is 5.89. The lowest BCUT2D eigenvalue weighted by atomic mass is 10.0. The topological polar surface area (TPSA) is 109 Å². The Morgan fingerprint density at radius 1 is 1.21 bits per heavy atom. The Balaban J connectivity index is 1.71. The van der Waals surface area contributed by atoms with E-state index in [0.717, 1.165) is 22.2 Å². The Hall–Kier alpha value is -4.18. The number of nitro benzene ring substituents is 1. The lowest BCUT2D eigenvalue weighted by Crippen LogP contribution is -1.94. The van der Waals surface area contributed by atoms with Crippen molar-refractivity contribution in [3.05, 3.63) is 81.4 Å². The molecule has 0 aliphatic carbocycles.